The van der Waals surface area contributed by atoms with Gasteiger partial charge in [0.2, 0.25) is 5.91 Å². The first kappa shape index (κ1) is 16.3. The molecule has 0 aliphatic carbocycles. The van der Waals surface area contributed by atoms with Crippen LogP contribution in [0.25, 0.3) is 0 Å². The van der Waals surface area contributed by atoms with Gasteiger partial charge in [-0.1, -0.05) is 25.1 Å². The zero-order chi connectivity index (χ0) is 16.1. The number of nitrogens with one attached hydrogen (secondary N) is 2. The number of benzene rings is 1. The third kappa shape index (κ3) is 4.71. The van der Waals surface area contributed by atoms with Crippen LogP contribution in [0.1, 0.15) is 45.4 Å². The van der Waals surface area contributed by atoms with Crippen LogP contribution in [0.5, 0.6) is 5.75 Å². The zero-order valence-electron chi connectivity index (χ0n) is 14.0. The van der Waals surface area contributed by atoms with E-state index in [0.717, 1.165) is 25.0 Å². The van der Waals surface area contributed by atoms with Crippen molar-refractivity contribution in [3.05, 3.63) is 30.3 Å². The van der Waals surface area contributed by atoms with Crippen LogP contribution in [-0.2, 0) is 4.79 Å². The van der Waals surface area contributed by atoms with Crippen LogP contribution >= 0.6 is 0 Å². The third-order valence-corrected chi connectivity index (χ3v) is 5.10. The third-order valence-electron chi connectivity index (χ3n) is 5.10. The molecule has 4 heteroatoms. The van der Waals surface area contributed by atoms with Gasteiger partial charge in [-0.3, -0.25) is 4.79 Å². The molecule has 0 aromatic heterocycles. The lowest BCUT2D eigenvalue weighted by atomic mass is 9.89. The number of carbonyl (C=O) groups excluding carboxylic acids is 1. The Kier molecular flexibility index (Phi) is 5.55. The Morgan fingerprint density at radius 3 is 2.61 bits per heavy atom. The van der Waals surface area contributed by atoms with Gasteiger partial charge in [0.1, 0.15) is 12.4 Å². The van der Waals surface area contributed by atoms with Gasteiger partial charge in [0.25, 0.3) is 0 Å². The Labute approximate surface area is 139 Å². The fraction of sp³-hybridized carbons (Fsp3) is 0.632. The SMILES string of the molecule is CCC(COc1ccccc1)NC(=O)CC1CC2CCC(C1)N2. The predicted molar refractivity (Wildman–Crippen MR) is 91.4 cm³/mol. The van der Waals surface area contributed by atoms with E-state index in [0.29, 0.717) is 31.0 Å². The number of piperidine rings is 1. The maximum absolute atomic E-state index is 12.3. The van der Waals surface area contributed by atoms with E-state index in [1.807, 2.05) is 30.3 Å². The number of rotatable bonds is 7. The van der Waals surface area contributed by atoms with Crippen molar-refractivity contribution in [2.75, 3.05) is 6.61 Å². The molecule has 2 aliphatic rings. The lowest BCUT2D eigenvalue weighted by Gasteiger charge is -2.29. The lowest BCUT2D eigenvalue weighted by Crippen LogP contribution is -2.42. The van der Waals surface area contributed by atoms with Crippen molar-refractivity contribution in [3.63, 3.8) is 0 Å². The predicted octanol–water partition coefficient (Wildman–Crippen LogP) is 2.88. The van der Waals surface area contributed by atoms with Crippen LogP contribution in [-0.4, -0.2) is 30.6 Å². The number of ether oxygens (including phenoxy) is 1. The van der Waals surface area contributed by atoms with E-state index in [1.54, 1.807) is 0 Å². The van der Waals surface area contributed by atoms with E-state index in [-0.39, 0.29) is 11.9 Å². The molecule has 1 amide bonds. The highest BCUT2D eigenvalue weighted by atomic mass is 16.5. The Morgan fingerprint density at radius 2 is 1.96 bits per heavy atom. The van der Waals surface area contributed by atoms with Crippen molar-refractivity contribution in [2.45, 2.75) is 63.6 Å². The minimum Gasteiger partial charge on any atom is -0.491 e. The molecular formula is C19H28N2O2. The molecule has 1 aromatic carbocycles. The summed E-state index contributed by atoms with van der Waals surface area (Å²) in [7, 11) is 0. The number of amides is 1. The van der Waals surface area contributed by atoms with Crippen molar-refractivity contribution >= 4 is 5.91 Å². The Balaban J connectivity index is 1.42. The van der Waals surface area contributed by atoms with Gasteiger partial charge in [-0.25, -0.2) is 0 Å². The van der Waals surface area contributed by atoms with Gasteiger partial charge in [-0.05, 0) is 50.2 Å². The monoisotopic (exact) mass is 316 g/mol. The molecule has 2 aliphatic heterocycles. The van der Waals surface area contributed by atoms with Crippen LogP contribution in [0.3, 0.4) is 0 Å². The molecule has 0 saturated carbocycles. The van der Waals surface area contributed by atoms with Crippen LogP contribution in [0.15, 0.2) is 30.3 Å². The molecule has 0 radical (unpaired) electrons. The van der Waals surface area contributed by atoms with Gasteiger partial charge < -0.3 is 15.4 Å². The number of hydrogen-bond donors (Lipinski definition) is 2. The Morgan fingerprint density at radius 1 is 1.26 bits per heavy atom. The Bertz CT molecular complexity index is 493. The van der Waals surface area contributed by atoms with Crippen molar-refractivity contribution in [2.24, 2.45) is 5.92 Å². The van der Waals surface area contributed by atoms with E-state index in [2.05, 4.69) is 17.6 Å². The van der Waals surface area contributed by atoms with Gasteiger partial charge in [-0.15, -0.1) is 0 Å². The topological polar surface area (TPSA) is 50.4 Å². The molecule has 2 bridgehead atoms. The first-order valence-corrected chi connectivity index (χ1v) is 8.96. The minimum atomic E-state index is 0.0844. The molecule has 2 N–H and O–H groups in total. The van der Waals surface area contributed by atoms with Crippen LogP contribution in [0, 0.1) is 5.92 Å². The molecule has 3 atom stereocenters. The lowest BCUT2D eigenvalue weighted by molar-refractivity contribution is -0.123. The molecular weight excluding hydrogens is 288 g/mol. The maximum atomic E-state index is 12.3. The summed E-state index contributed by atoms with van der Waals surface area (Å²) in [6.45, 7) is 2.62. The highest BCUT2D eigenvalue weighted by molar-refractivity contribution is 5.76. The largest absolute Gasteiger partial charge is 0.491 e. The standard InChI is InChI=1S/C19H28N2O2/c1-2-15(13-23-18-6-4-3-5-7-18)21-19(22)12-14-10-16-8-9-17(11-14)20-16/h3-7,14-17,20H,2,8-13H2,1H3,(H,21,22). The van der Waals surface area contributed by atoms with Gasteiger partial charge >= 0.3 is 0 Å². The fourth-order valence-corrected chi connectivity index (χ4v) is 3.87. The second kappa shape index (κ2) is 7.82. The second-order valence-electron chi connectivity index (χ2n) is 6.98. The smallest absolute Gasteiger partial charge is 0.220 e. The van der Waals surface area contributed by atoms with Crippen LogP contribution in [0.2, 0.25) is 0 Å². The summed E-state index contributed by atoms with van der Waals surface area (Å²) in [6, 6.07) is 11.2. The van der Waals surface area contributed by atoms with Crippen LogP contribution in [0.4, 0.5) is 0 Å². The summed E-state index contributed by atoms with van der Waals surface area (Å²) in [6.07, 6.45) is 6.42. The van der Waals surface area contributed by atoms with Gasteiger partial charge in [0, 0.05) is 18.5 Å². The highest BCUT2D eigenvalue weighted by Gasteiger charge is 2.34. The summed E-state index contributed by atoms with van der Waals surface area (Å²) in [5.41, 5.74) is 0. The van der Waals surface area contributed by atoms with E-state index in [1.165, 1.54) is 12.8 Å². The normalized spacial score (nSPS) is 27.4. The molecule has 3 unspecified atom stereocenters. The molecule has 0 spiro atoms. The first-order chi connectivity index (χ1) is 11.2. The van der Waals surface area contributed by atoms with Crippen molar-refractivity contribution < 1.29 is 9.53 Å². The summed E-state index contributed by atoms with van der Waals surface area (Å²) < 4.78 is 5.77. The van der Waals surface area contributed by atoms with E-state index < -0.39 is 0 Å². The van der Waals surface area contributed by atoms with E-state index >= 15 is 0 Å². The Hall–Kier alpha value is -1.55. The average Bonchev–Trinajstić information content (AvgIpc) is 2.91. The summed E-state index contributed by atoms with van der Waals surface area (Å²) in [5, 5.41) is 6.78. The average molecular weight is 316 g/mol. The van der Waals surface area contributed by atoms with Crippen molar-refractivity contribution in [1.29, 1.82) is 0 Å². The molecule has 23 heavy (non-hydrogen) atoms. The van der Waals surface area contributed by atoms with Crippen LogP contribution < -0.4 is 15.4 Å². The fourth-order valence-electron chi connectivity index (χ4n) is 3.87. The molecule has 3 rings (SSSR count). The molecule has 126 valence electrons. The number of fused-ring (bicyclic) bond motifs is 2. The van der Waals surface area contributed by atoms with Crippen molar-refractivity contribution in [1.82, 2.24) is 10.6 Å². The summed E-state index contributed by atoms with van der Waals surface area (Å²) in [5.74, 6) is 1.58. The summed E-state index contributed by atoms with van der Waals surface area (Å²) >= 11 is 0. The zero-order valence-corrected chi connectivity index (χ0v) is 14.0. The number of hydrogen-bond acceptors (Lipinski definition) is 3. The molecule has 1 aromatic rings. The quantitative estimate of drug-likeness (QED) is 0.813. The van der Waals surface area contributed by atoms with E-state index in [4.69, 9.17) is 4.74 Å². The number of carbonyl (C=O) groups is 1. The molecule has 2 saturated heterocycles. The highest BCUT2D eigenvalue weighted by Crippen LogP contribution is 2.32. The molecule has 2 heterocycles. The number of para-hydroxylation sites is 1. The molecule has 2 fully saturated rings. The second-order valence-corrected chi connectivity index (χ2v) is 6.98. The maximum Gasteiger partial charge on any atom is 0.220 e. The minimum absolute atomic E-state index is 0.0844. The van der Waals surface area contributed by atoms with Gasteiger partial charge in [0.05, 0.1) is 6.04 Å². The first-order valence-electron chi connectivity index (χ1n) is 8.96. The van der Waals surface area contributed by atoms with E-state index in [9.17, 15) is 4.79 Å². The molecule has 4 nitrogen and oxygen atoms in total. The van der Waals surface area contributed by atoms with Crippen molar-refractivity contribution in [3.8, 4) is 5.75 Å². The van der Waals surface area contributed by atoms with Gasteiger partial charge in [0.15, 0.2) is 0 Å². The van der Waals surface area contributed by atoms with Gasteiger partial charge in [-0.2, -0.15) is 0 Å². The summed E-state index contributed by atoms with van der Waals surface area (Å²) in [4.78, 5) is 12.3.